The standard InChI is InChI=1S/C22H28N2O3S/c1-17-12-14-24(15-13-17)28(26,27)21-10-8-20(9-11-21)23-22(25)16-18(2)19-6-4-3-5-7-19/h3-11,17-18H,12-16H2,1-2H3,(H,23,25). The molecular formula is C22H28N2O3S. The summed E-state index contributed by atoms with van der Waals surface area (Å²) in [5, 5.41) is 2.86. The Morgan fingerprint density at radius 1 is 1.07 bits per heavy atom. The predicted molar refractivity (Wildman–Crippen MR) is 112 cm³/mol. The maximum Gasteiger partial charge on any atom is 0.243 e. The molecule has 1 aliphatic rings. The largest absolute Gasteiger partial charge is 0.326 e. The van der Waals surface area contributed by atoms with E-state index >= 15 is 0 Å². The zero-order chi connectivity index (χ0) is 20.1. The van der Waals surface area contributed by atoms with Gasteiger partial charge >= 0.3 is 0 Å². The highest BCUT2D eigenvalue weighted by atomic mass is 32.2. The van der Waals surface area contributed by atoms with Crippen LogP contribution in [0.5, 0.6) is 0 Å². The fourth-order valence-corrected chi connectivity index (χ4v) is 4.94. The van der Waals surface area contributed by atoms with E-state index in [2.05, 4.69) is 12.2 Å². The molecule has 150 valence electrons. The van der Waals surface area contributed by atoms with Crippen LogP contribution in [0.2, 0.25) is 0 Å². The highest BCUT2D eigenvalue weighted by Crippen LogP contribution is 2.25. The normalized spacial score (nSPS) is 17.2. The fourth-order valence-electron chi connectivity index (χ4n) is 3.47. The lowest BCUT2D eigenvalue weighted by molar-refractivity contribution is -0.116. The van der Waals surface area contributed by atoms with Gasteiger partial charge in [0.05, 0.1) is 4.90 Å². The lowest BCUT2D eigenvalue weighted by Gasteiger charge is -2.29. The molecule has 6 heteroatoms. The first-order valence-electron chi connectivity index (χ1n) is 9.81. The number of sulfonamides is 1. The van der Waals surface area contributed by atoms with Crippen molar-refractivity contribution in [2.75, 3.05) is 18.4 Å². The number of carbonyl (C=O) groups is 1. The molecule has 0 radical (unpaired) electrons. The van der Waals surface area contributed by atoms with Crippen molar-refractivity contribution in [1.29, 1.82) is 0 Å². The minimum atomic E-state index is -3.47. The van der Waals surface area contributed by atoms with Gasteiger partial charge in [-0.3, -0.25) is 4.79 Å². The topological polar surface area (TPSA) is 66.5 Å². The van der Waals surface area contributed by atoms with Crippen molar-refractivity contribution in [3.63, 3.8) is 0 Å². The van der Waals surface area contributed by atoms with E-state index in [1.165, 1.54) is 0 Å². The molecule has 1 saturated heterocycles. The summed E-state index contributed by atoms with van der Waals surface area (Å²) in [7, 11) is -3.47. The van der Waals surface area contributed by atoms with Gasteiger partial charge in [0.2, 0.25) is 15.9 Å². The van der Waals surface area contributed by atoms with Crippen LogP contribution in [0.4, 0.5) is 5.69 Å². The molecule has 5 nitrogen and oxygen atoms in total. The van der Waals surface area contributed by atoms with Gasteiger partial charge in [0.1, 0.15) is 0 Å². The monoisotopic (exact) mass is 400 g/mol. The van der Waals surface area contributed by atoms with Crippen LogP contribution in [0, 0.1) is 5.92 Å². The maximum absolute atomic E-state index is 12.8. The Morgan fingerprint density at radius 3 is 2.29 bits per heavy atom. The zero-order valence-electron chi connectivity index (χ0n) is 16.5. The van der Waals surface area contributed by atoms with E-state index < -0.39 is 10.0 Å². The Bertz CT molecular complexity index is 887. The summed E-state index contributed by atoms with van der Waals surface area (Å²) in [6.07, 6.45) is 2.16. The number of nitrogens with one attached hydrogen (secondary N) is 1. The molecule has 0 spiro atoms. The number of hydrogen-bond acceptors (Lipinski definition) is 3. The van der Waals surface area contributed by atoms with Crippen LogP contribution in [0.3, 0.4) is 0 Å². The molecule has 1 amide bonds. The summed E-state index contributed by atoms with van der Waals surface area (Å²) in [6, 6.07) is 16.4. The van der Waals surface area contributed by atoms with E-state index in [-0.39, 0.29) is 16.7 Å². The first-order valence-corrected chi connectivity index (χ1v) is 11.3. The summed E-state index contributed by atoms with van der Waals surface area (Å²) in [4.78, 5) is 12.6. The van der Waals surface area contributed by atoms with E-state index in [4.69, 9.17) is 0 Å². The summed E-state index contributed by atoms with van der Waals surface area (Å²) >= 11 is 0. The summed E-state index contributed by atoms with van der Waals surface area (Å²) in [5.41, 5.74) is 1.73. The van der Waals surface area contributed by atoms with Crippen molar-refractivity contribution in [1.82, 2.24) is 4.31 Å². The van der Waals surface area contributed by atoms with Gasteiger partial charge in [-0.2, -0.15) is 4.31 Å². The van der Waals surface area contributed by atoms with Crippen molar-refractivity contribution >= 4 is 21.6 Å². The van der Waals surface area contributed by atoms with Crippen molar-refractivity contribution in [3.05, 3.63) is 60.2 Å². The number of hydrogen-bond donors (Lipinski definition) is 1. The SMILES string of the molecule is CC1CCN(S(=O)(=O)c2ccc(NC(=O)CC(C)c3ccccc3)cc2)CC1. The maximum atomic E-state index is 12.8. The van der Waals surface area contributed by atoms with Gasteiger partial charge in [-0.15, -0.1) is 0 Å². The number of anilines is 1. The number of amides is 1. The molecule has 1 atom stereocenters. The van der Waals surface area contributed by atoms with Gasteiger partial charge in [-0.05, 0) is 54.5 Å². The Kier molecular flexibility index (Phi) is 6.52. The Morgan fingerprint density at radius 2 is 1.68 bits per heavy atom. The van der Waals surface area contributed by atoms with Crippen molar-refractivity contribution < 1.29 is 13.2 Å². The molecule has 3 rings (SSSR count). The molecule has 1 fully saturated rings. The van der Waals surface area contributed by atoms with Gasteiger partial charge in [-0.1, -0.05) is 44.2 Å². The van der Waals surface area contributed by atoms with E-state index in [0.29, 0.717) is 31.1 Å². The Balaban J connectivity index is 1.60. The summed E-state index contributed by atoms with van der Waals surface area (Å²) in [6.45, 7) is 5.31. The van der Waals surface area contributed by atoms with Gasteiger partial charge in [0.15, 0.2) is 0 Å². The third kappa shape index (κ3) is 5.00. The quantitative estimate of drug-likeness (QED) is 0.789. The highest BCUT2D eigenvalue weighted by Gasteiger charge is 2.27. The van der Waals surface area contributed by atoms with E-state index in [9.17, 15) is 13.2 Å². The third-order valence-electron chi connectivity index (χ3n) is 5.38. The molecular weight excluding hydrogens is 372 g/mol. The van der Waals surface area contributed by atoms with Crippen LogP contribution in [-0.2, 0) is 14.8 Å². The van der Waals surface area contributed by atoms with Gasteiger partial charge < -0.3 is 5.32 Å². The summed E-state index contributed by atoms with van der Waals surface area (Å²) < 4.78 is 27.1. The molecule has 0 aliphatic carbocycles. The lowest BCUT2D eigenvalue weighted by atomic mass is 9.97. The zero-order valence-corrected chi connectivity index (χ0v) is 17.3. The number of piperidine rings is 1. The van der Waals surface area contributed by atoms with Crippen LogP contribution < -0.4 is 5.32 Å². The van der Waals surface area contributed by atoms with Crippen molar-refractivity contribution in [2.45, 2.75) is 43.9 Å². The van der Waals surface area contributed by atoms with E-state index in [0.717, 1.165) is 18.4 Å². The van der Waals surface area contributed by atoms with Crippen molar-refractivity contribution in [2.24, 2.45) is 5.92 Å². The van der Waals surface area contributed by atoms with Crippen LogP contribution in [0.15, 0.2) is 59.5 Å². The third-order valence-corrected chi connectivity index (χ3v) is 7.29. The first kappa shape index (κ1) is 20.6. The van der Waals surface area contributed by atoms with E-state index in [1.54, 1.807) is 28.6 Å². The molecule has 2 aromatic rings. The van der Waals surface area contributed by atoms with E-state index in [1.807, 2.05) is 37.3 Å². The molecule has 28 heavy (non-hydrogen) atoms. The second-order valence-corrected chi connectivity index (χ2v) is 9.61. The summed E-state index contributed by atoms with van der Waals surface area (Å²) in [5.74, 6) is 0.599. The highest BCUT2D eigenvalue weighted by molar-refractivity contribution is 7.89. The number of nitrogens with zero attached hydrogens (tertiary/aromatic N) is 1. The molecule has 2 aromatic carbocycles. The van der Waals surface area contributed by atoms with Crippen LogP contribution in [-0.4, -0.2) is 31.7 Å². The fraction of sp³-hybridized carbons (Fsp3) is 0.409. The Hall–Kier alpha value is -2.18. The average Bonchev–Trinajstić information content (AvgIpc) is 2.69. The number of benzene rings is 2. The molecule has 1 N–H and O–H groups in total. The van der Waals surface area contributed by atoms with Crippen LogP contribution in [0.25, 0.3) is 0 Å². The van der Waals surface area contributed by atoms with Crippen LogP contribution >= 0.6 is 0 Å². The second-order valence-electron chi connectivity index (χ2n) is 7.68. The molecule has 1 aliphatic heterocycles. The molecule has 0 bridgehead atoms. The van der Waals surface area contributed by atoms with Gasteiger partial charge in [0.25, 0.3) is 0 Å². The van der Waals surface area contributed by atoms with Crippen LogP contribution in [0.1, 0.15) is 44.6 Å². The van der Waals surface area contributed by atoms with Gasteiger partial charge in [-0.25, -0.2) is 8.42 Å². The molecule has 0 aromatic heterocycles. The van der Waals surface area contributed by atoms with Gasteiger partial charge in [0, 0.05) is 25.2 Å². The predicted octanol–water partition coefficient (Wildman–Crippen LogP) is 4.24. The second kappa shape index (κ2) is 8.88. The lowest BCUT2D eigenvalue weighted by Crippen LogP contribution is -2.37. The average molecular weight is 401 g/mol. The molecule has 1 heterocycles. The number of carbonyl (C=O) groups excluding carboxylic acids is 1. The molecule has 0 saturated carbocycles. The minimum absolute atomic E-state index is 0.0861. The minimum Gasteiger partial charge on any atom is -0.326 e. The van der Waals surface area contributed by atoms with Crippen molar-refractivity contribution in [3.8, 4) is 0 Å². The smallest absolute Gasteiger partial charge is 0.243 e. The number of rotatable bonds is 6. The first-order chi connectivity index (χ1) is 13.4. The molecule has 1 unspecified atom stereocenters. The Labute approximate surface area is 167 Å².